The van der Waals surface area contributed by atoms with Crippen LogP contribution in [0.1, 0.15) is 5.56 Å². The van der Waals surface area contributed by atoms with Crippen LogP contribution in [0.3, 0.4) is 0 Å². The molecule has 1 heterocycles. The fourth-order valence-electron chi connectivity index (χ4n) is 2.52. The predicted molar refractivity (Wildman–Crippen MR) is 79.3 cm³/mol. The van der Waals surface area contributed by atoms with Crippen molar-refractivity contribution in [2.75, 3.05) is 7.11 Å². The molecule has 3 aromatic rings. The van der Waals surface area contributed by atoms with E-state index in [1.807, 2.05) is 48.5 Å². The Morgan fingerprint density at radius 1 is 1.00 bits per heavy atom. The highest BCUT2D eigenvalue weighted by atomic mass is 16.5. The number of hydrogen-bond donors (Lipinski definition) is 0. The molecule has 2 aromatic carbocycles. The quantitative estimate of drug-likeness (QED) is 0.731. The molecule has 0 amide bonds. The number of fused-ring (bicyclic) bond motifs is 1. The summed E-state index contributed by atoms with van der Waals surface area (Å²) < 4.78 is 8.80. The van der Waals surface area contributed by atoms with Crippen LogP contribution < -0.4 is 10.4 Å². The first-order chi connectivity index (χ1) is 9.72. The average molecular weight is 268 g/mol. The van der Waals surface area contributed by atoms with Crippen LogP contribution in [0.2, 0.25) is 0 Å². The maximum Gasteiger partial charge on any atom is 0.329 e. The summed E-state index contributed by atoms with van der Waals surface area (Å²) in [6.45, 7) is 0.504. The lowest BCUT2D eigenvalue weighted by Gasteiger charge is -2.08. The van der Waals surface area contributed by atoms with Gasteiger partial charge in [-0.1, -0.05) is 30.3 Å². The lowest BCUT2D eigenvalue weighted by Crippen LogP contribution is -2.22. The fourth-order valence-corrected chi connectivity index (χ4v) is 2.52. The summed E-state index contributed by atoms with van der Waals surface area (Å²) in [5.41, 5.74) is 2.85. The Balaban J connectivity index is 2.16. The van der Waals surface area contributed by atoms with Crippen molar-refractivity contribution in [3.63, 3.8) is 0 Å². The number of benzene rings is 2. The van der Waals surface area contributed by atoms with Crippen molar-refractivity contribution >= 4 is 11.0 Å². The SMILES string of the molecule is COc1ccccc1Cn1c(=O)n(C)c2ccccc21. The number of aromatic nitrogens is 2. The number of rotatable bonds is 3. The third-order valence-electron chi connectivity index (χ3n) is 3.57. The number of hydrogen-bond acceptors (Lipinski definition) is 2. The summed E-state index contributed by atoms with van der Waals surface area (Å²) in [5, 5.41) is 0. The first-order valence-electron chi connectivity index (χ1n) is 6.48. The first-order valence-corrected chi connectivity index (χ1v) is 6.48. The molecule has 0 bridgehead atoms. The van der Waals surface area contributed by atoms with Crippen molar-refractivity contribution in [2.24, 2.45) is 7.05 Å². The van der Waals surface area contributed by atoms with Crippen LogP contribution >= 0.6 is 0 Å². The second kappa shape index (κ2) is 4.89. The van der Waals surface area contributed by atoms with Gasteiger partial charge in [0, 0.05) is 12.6 Å². The molecule has 0 saturated carbocycles. The smallest absolute Gasteiger partial charge is 0.329 e. The van der Waals surface area contributed by atoms with E-state index in [1.54, 1.807) is 23.3 Å². The van der Waals surface area contributed by atoms with Crippen LogP contribution in [0.25, 0.3) is 11.0 Å². The molecule has 0 saturated heterocycles. The van der Waals surface area contributed by atoms with Gasteiger partial charge in [-0.25, -0.2) is 4.79 Å². The minimum Gasteiger partial charge on any atom is -0.496 e. The van der Waals surface area contributed by atoms with Crippen LogP contribution in [-0.4, -0.2) is 16.2 Å². The molecule has 20 heavy (non-hydrogen) atoms. The largest absolute Gasteiger partial charge is 0.496 e. The highest BCUT2D eigenvalue weighted by Crippen LogP contribution is 2.20. The standard InChI is InChI=1S/C16H16N2O2/c1-17-13-8-4-5-9-14(13)18(16(17)19)11-12-7-3-6-10-15(12)20-2/h3-10H,11H2,1-2H3. The molecular formula is C16H16N2O2. The summed E-state index contributed by atoms with van der Waals surface area (Å²) in [4.78, 5) is 12.4. The molecule has 0 aliphatic heterocycles. The molecule has 0 aliphatic carbocycles. The van der Waals surface area contributed by atoms with E-state index in [1.165, 1.54) is 0 Å². The molecule has 0 radical (unpaired) electrons. The van der Waals surface area contributed by atoms with Crippen molar-refractivity contribution in [1.82, 2.24) is 9.13 Å². The molecule has 0 fully saturated rings. The number of nitrogens with zero attached hydrogens (tertiary/aromatic N) is 2. The predicted octanol–water partition coefficient (Wildman–Crippen LogP) is 2.40. The van der Waals surface area contributed by atoms with Crippen LogP contribution in [0.15, 0.2) is 53.3 Å². The molecule has 0 aliphatic rings. The summed E-state index contributed by atoms with van der Waals surface area (Å²) in [6.07, 6.45) is 0. The Morgan fingerprint density at radius 3 is 2.40 bits per heavy atom. The van der Waals surface area contributed by atoms with Gasteiger partial charge in [-0.2, -0.15) is 0 Å². The third kappa shape index (κ3) is 1.90. The molecular weight excluding hydrogens is 252 g/mol. The highest BCUT2D eigenvalue weighted by Gasteiger charge is 2.11. The summed E-state index contributed by atoms with van der Waals surface area (Å²) in [5.74, 6) is 0.798. The summed E-state index contributed by atoms with van der Waals surface area (Å²) in [7, 11) is 3.44. The molecule has 0 N–H and O–H groups in total. The van der Waals surface area contributed by atoms with Crippen molar-refractivity contribution in [1.29, 1.82) is 0 Å². The topological polar surface area (TPSA) is 36.2 Å². The molecule has 0 atom stereocenters. The summed E-state index contributed by atoms with van der Waals surface area (Å²) in [6, 6.07) is 15.6. The third-order valence-corrected chi connectivity index (χ3v) is 3.57. The van der Waals surface area contributed by atoms with Gasteiger partial charge >= 0.3 is 5.69 Å². The lowest BCUT2D eigenvalue weighted by atomic mass is 10.2. The van der Waals surface area contributed by atoms with E-state index in [4.69, 9.17) is 4.74 Å². The van der Waals surface area contributed by atoms with Gasteiger partial charge in [-0.15, -0.1) is 0 Å². The van der Waals surface area contributed by atoms with Gasteiger partial charge in [-0.3, -0.25) is 9.13 Å². The Hall–Kier alpha value is -2.49. The molecule has 4 heteroatoms. The van der Waals surface area contributed by atoms with Gasteiger partial charge < -0.3 is 4.74 Å². The van der Waals surface area contributed by atoms with Gasteiger partial charge in [0.05, 0.1) is 24.7 Å². The zero-order valence-electron chi connectivity index (χ0n) is 11.5. The average Bonchev–Trinajstić information content (AvgIpc) is 2.73. The van der Waals surface area contributed by atoms with E-state index < -0.39 is 0 Å². The van der Waals surface area contributed by atoms with E-state index in [9.17, 15) is 4.79 Å². The van der Waals surface area contributed by atoms with Gasteiger partial charge in [0.15, 0.2) is 0 Å². The zero-order chi connectivity index (χ0) is 14.1. The van der Waals surface area contributed by atoms with Crippen LogP contribution in [-0.2, 0) is 13.6 Å². The van der Waals surface area contributed by atoms with Gasteiger partial charge in [0.2, 0.25) is 0 Å². The van der Waals surface area contributed by atoms with Gasteiger partial charge in [0.1, 0.15) is 5.75 Å². The normalized spacial score (nSPS) is 10.9. The number of imidazole rings is 1. The number of ether oxygens (including phenoxy) is 1. The van der Waals surface area contributed by atoms with Crippen molar-refractivity contribution in [3.8, 4) is 5.75 Å². The van der Waals surface area contributed by atoms with E-state index in [-0.39, 0.29) is 5.69 Å². The second-order valence-corrected chi connectivity index (χ2v) is 4.73. The van der Waals surface area contributed by atoms with Crippen LogP contribution in [0.4, 0.5) is 0 Å². The maximum atomic E-state index is 12.4. The molecule has 1 aromatic heterocycles. The Labute approximate surface area is 116 Å². The number of methoxy groups -OCH3 is 1. The van der Waals surface area contributed by atoms with Crippen molar-refractivity contribution in [2.45, 2.75) is 6.54 Å². The van der Waals surface area contributed by atoms with E-state index in [2.05, 4.69) is 0 Å². The van der Waals surface area contributed by atoms with E-state index in [0.29, 0.717) is 6.54 Å². The molecule has 102 valence electrons. The number of para-hydroxylation sites is 3. The Kier molecular flexibility index (Phi) is 3.06. The van der Waals surface area contributed by atoms with E-state index >= 15 is 0 Å². The van der Waals surface area contributed by atoms with Crippen LogP contribution in [0, 0.1) is 0 Å². The lowest BCUT2D eigenvalue weighted by molar-refractivity contribution is 0.408. The maximum absolute atomic E-state index is 12.4. The minimum atomic E-state index is -0.0166. The van der Waals surface area contributed by atoms with Gasteiger partial charge in [0.25, 0.3) is 0 Å². The molecule has 0 spiro atoms. The second-order valence-electron chi connectivity index (χ2n) is 4.73. The first kappa shape index (κ1) is 12.5. The number of aryl methyl sites for hydroxylation is 1. The summed E-state index contributed by atoms with van der Waals surface area (Å²) >= 11 is 0. The zero-order valence-corrected chi connectivity index (χ0v) is 11.5. The molecule has 4 nitrogen and oxygen atoms in total. The molecule has 3 rings (SSSR count). The van der Waals surface area contributed by atoms with E-state index in [0.717, 1.165) is 22.3 Å². The van der Waals surface area contributed by atoms with Crippen molar-refractivity contribution in [3.05, 3.63) is 64.6 Å². The Morgan fingerprint density at radius 2 is 1.65 bits per heavy atom. The van der Waals surface area contributed by atoms with Gasteiger partial charge in [-0.05, 0) is 18.2 Å². The monoisotopic (exact) mass is 268 g/mol. The Bertz CT molecular complexity index is 815. The fraction of sp³-hybridized carbons (Fsp3) is 0.188. The molecule has 0 unspecified atom stereocenters. The highest BCUT2D eigenvalue weighted by molar-refractivity contribution is 5.76. The minimum absolute atomic E-state index is 0.0166. The van der Waals surface area contributed by atoms with Crippen molar-refractivity contribution < 1.29 is 4.74 Å². The van der Waals surface area contributed by atoms with Crippen LogP contribution in [0.5, 0.6) is 5.75 Å².